The van der Waals surface area contributed by atoms with E-state index in [-0.39, 0.29) is 23.8 Å². The molecule has 1 aromatic heterocycles. The summed E-state index contributed by atoms with van der Waals surface area (Å²) in [7, 11) is 0. The summed E-state index contributed by atoms with van der Waals surface area (Å²) in [4.78, 5) is 31.2. The maximum Gasteiger partial charge on any atom is 0.318 e. The molecule has 9 nitrogen and oxygen atoms in total. The van der Waals surface area contributed by atoms with E-state index in [0.717, 1.165) is 56.0 Å². The number of carbonyl (C=O) groups excluding carboxylic acids is 1. The van der Waals surface area contributed by atoms with Gasteiger partial charge in [-0.05, 0) is 55.7 Å². The highest BCUT2D eigenvalue weighted by molar-refractivity contribution is 5.97. The molecule has 4 heterocycles. The number of alkyl halides is 1. The summed E-state index contributed by atoms with van der Waals surface area (Å²) >= 11 is 0. The molecule has 0 bridgehead atoms. The first kappa shape index (κ1) is 30.4. The number of ether oxygens (including phenoxy) is 1. The van der Waals surface area contributed by atoms with Crippen LogP contribution in [0.5, 0.6) is 6.01 Å². The monoisotopic (exact) mass is 623 g/mol. The number of piperazine rings is 1. The Morgan fingerprint density at radius 2 is 1.96 bits per heavy atom. The van der Waals surface area contributed by atoms with Gasteiger partial charge in [-0.3, -0.25) is 9.69 Å². The van der Waals surface area contributed by atoms with Gasteiger partial charge in [-0.1, -0.05) is 36.9 Å². The van der Waals surface area contributed by atoms with Crippen molar-refractivity contribution in [1.82, 2.24) is 19.8 Å². The third kappa shape index (κ3) is 6.01. The van der Waals surface area contributed by atoms with Crippen LogP contribution in [0, 0.1) is 23.7 Å². The van der Waals surface area contributed by atoms with Gasteiger partial charge in [0, 0.05) is 67.9 Å². The summed E-state index contributed by atoms with van der Waals surface area (Å²) in [5.74, 6) is 0.688. The smallest absolute Gasteiger partial charge is 0.318 e. The lowest BCUT2D eigenvalue weighted by molar-refractivity contribution is -0.128. The fraction of sp³-hybridized carbons (Fsp3) is 0.500. The van der Waals surface area contributed by atoms with E-state index >= 15 is 0 Å². The molecule has 3 fully saturated rings. The van der Waals surface area contributed by atoms with Crippen LogP contribution in [0.1, 0.15) is 42.5 Å². The van der Waals surface area contributed by atoms with Crippen molar-refractivity contribution < 1.29 is 13.9 Å². The Morgan fingerprint density at radius 1 is 1.13 bits per heavy atom. The molecule has 1 amide bonds. The number of aromatic nitrogens is 2. The molecule has 0 N–H and O–H groups in total. The van der Waals surface area contributed by atoms with E-state index in [0.29, 0.717) is 51.8 Å². The molecule has 1 unspecified atom stereocenters. The summed E-state index contributed by atoms with van der Waals surface area (Å²) in [6, 6.07) is 15.3. The number of amides is 1. The number of nitriles is 1. The summed E-state index contributed by atoms with van der Waals surface area (Å²) in [6.07, 6.45) is 4.32. The first-order valence-electron chi connectivity index (χ1n) is 16.5. The van der Waals surface area contributed by atoms with Gasteiger partial charge in [-0.15, -0.1) is 0 Å². The van der Waals surface area contributed by atoms with Crippen LogP contribution < -0.4 is 14.5 Å². The van der Waals surface area contributed by atoms with Crippen molar-refractivity contribution in [3.63, 3.8) is 0 Å². The van der Waals surface area contributed by atoms with Crippen LogP contribution >= 0.6 is 0 Å². The minimum absolute atomic E-state index is 0.0184. The maximum absolute atomic E-state index is 13.9. The van der Waals surface area contributed by atoms with Crippen LogP contribution in [0.25, 0.3) is 10.8 Å². The fourth-order valence-electron chi connectivity index (χ4n) is 7.57. The average molecular weight is 624 g/mol. The van der Waals surface area contributed by atoms with Gasteiger partial charge < -0.3 is 19.4 Å². The van der Waals surface area contributed by atoms with Crippen LogP contribution in [0.15, 0.2) is 49.1 Å². The van der Waals surface area contributed by atoms with E-state index in [1.807, 2.05) is 0 Å². The van der Waals surface area contributed by atoms with E-state index in [1.165, 1.54) is 28.1 Å². The second-order valence-electron chi connectivity index (χ2n) is 13.5. The molecule has 2 aromatic carbocycles. The highest BCUT2D eigenvalue weighted by Gasteiger charge is 2.46. The first-order chi connectivity index (χ1) is 22.4. The zero-order chi connectivity index (χ0) is 31.8. The Hall–Kier alpha value is -4.23. The van der Waals surface area contributed by atoms with E-state index in [4.69, 9.17) is 14.7 Å². The lowest BCUT2D eigenvalue weighted by Crippen LogP contribution is -2.55. The predicted octanol–water partition coefficient (Wildman–Crippen LogP) is 4.82. The van der Waals surface area contributed by atoms with Crippen LogP contribution in [0.2, 0.25) is 0 Å². The summed E-state index contributed by atoms with van der Waals surface area (Å²) in [6.45, 7) is 11.5. The molecule has 1 aliphatic carbocycles. The number of benzene rings is 2. The second-order valence-corrected chi connectivity index (χ2v) is 13.5. The standard InChI is InChI=1S/C36H42FN7O2/c1-3-32(45)44-19-18-43(21-28(44)10-15-38)34-29-12-17-42(31-9-5-8-26-7-4-6-25(2)33(26)31)22-30(29)39-35(40-34)46-24-36(13-14-36)23-41-16-11-27(37)20-41/h3-9,27-28H,1,10-14,16-24H2,2H3/t27-,28?/m1/s1. The average Bonchev–Trinajstić information content (AvgIpc) is 3.72. The number of aryl methyl sites for hydroxylation is 1. The molecular weight excluding hydrogens is 581 g/mol. The lowest BCUT2D eigenvalue weighted by Gasteiger charge is -2.42. The van der Waals surface area contributed by atoms with Gasteiger partial charge in [-0.25, -0.2) is 4.39 Å². The van der Waals surface area contributed by atoms with Crippen LogP contribution in [-0.4, -0.2) is 90.3 Å². The van der Waals surface area contributed by atoms with Gasteiger partial charge >= 0.3 is 6.01 Å². The van der Waals surface area contributed by atoms with E-state index in [1.54, 1.807) is 4.90 Å². The minimum Gasteiger partial charge on any atom is -0.463 e. The molecule has 10 heteroatoms. The first-order valence-corrected chi connectivity index (χ1v) is 16.5. The Labute approximate surface area is 270 Å². The number of fused-ring (bicyclic) bond motifs is 2. The molecule has 0 radical (unpaired) electrons. The Morgan fingerprint density at radius 3 is 2.70 bits per heavy atom. The molecule has 7 rings (SSSR count). The van der Waals surface area contributed by atoms with Crippen molar-refractivity contribution in [3.8, 4) is 12.1 Å². The SMILES string of the molecule is C=CC(=O)N1CCN(c2nc(OCC3(CN4CC[C@@H](F)C4)CC3)nc3c2CCN(c2cccc4cccc(C)c24)C3)CC1CC#N. The van der Waals surface area contributed by atoms with Gasteiger partial charge in [0.15, 0.2) is 0 Å². The summed E-state index contributed by atoms with van der Waals surface area (Å²) < 4.78 is 20.3. The topological polar surface area (TPSA) is 88.8 Å². The normalized spacial score (nSPS) is 22.4. The number of carbonyl (C=O) groups is 1. The van der Waals surface area contributed by atoms with Gasteiger partial charge in [-0.2, -0.15) is 15.2 Å². The molecular formula is C36H42FN7O2. The third-order valence-electron chi connectivity index (χ3n) is 10.3. The van der Waals surface area contributed by atoms with Crippen molar-refractivity contribution >= 4 is 28.2 Å². The second kappa shape index (κ2) is 12.5. The zero-order valence-electron chi connectivity index (χ0n) is 26.6. The number of rotatable bonds is 9. The summed E-state index contributed by atoms with van der Waals surface area (Å²) in [5, 5.41) is 12.1. The van der Waals surface area contributed by atoms with Gasteiger partial charge in [0.05, 0.1) is 37.4 Å². The number of halogens is 1. The largest absolute Gasteiger partial charge is 0.463 e. The molecule has 3 aliphatic heterocycles. The molecule has 1 saturated carbocycles. The Balaban J connectivity index is 1.19. The molecule has 0 spiro atoms. The number of hydrogen-bond donors (Lipinski definition) is 0. The Kier molecular flexibility index (Phi) is 8.28. The Bertz CT molecular complexity index is 1680. The van der Waals surface area contributed by atoms with E-state index in [9.17, 15) is 14.4 Å². The van der Waals surface area contributed by atoms with Crippen LogP contribution in [-0.2, 0) is 17.8 Å². The van der Waals surface area contributed by atoms with Crippen molar-refractivity contribution in [1.29, 1.82) is 5.26 Å². The van der Waals surface area contributed by atoms with Crippen LogP contribution in [0.3, 0.4) is 0 Å². The van der Waals surface area contributed by atoms with E-state index < -0.39 is 6.17 Å². The van der Waals surface area contributed by atoms with Crippen molar-refractivity contribution in [2.75, 3.05) is 62.2 Å². The molecule has 46 heavy (non-hydrogen) atoms. The van der Waals surface area contributed by atoms with Crippen LogP contribution in [0.4, 0.5) is 15.9 Å². The van der Waals surface area contributed by atoms with Crippen molar-refractivity contribution in [3.05, 3.63) is 65.9 Å². The van der Waals surface area contributed by atoms with Gasteiger partial charge in [0.25, 0.3) is 0 Å². The number of likely N-dealkylation sites (tertiary alicyclic amines) is 1. The maximum atomic E-state index is 13.9. The molecule has 240 valence electrons. The van der Waals surface area contributed by atoms with Gasteiger partial charge in [0.1, 0.15) is 12.0 Å². The number of anilines is 2. The predicted molar refractivity (Wildman–Crippen MR) is 177 cm³/mol. The zero-order valence-corrected chi connectivity index (χ0v) is 26.6. The molecule has 3 aromatic rings. The fourth-order valence-corrected chi connectivity index (χ4v) is 7.57. The number of hydrogen-bond acceptors (Lipinski definition) is 8. The molecule has 4 aliphatic rings. The van der Waals surface area contributed by atoms with E-state index in [2.05, 4.69) is 70.7 Å². The summed E-state index contributed by atoms with van der Waals surface area (Å²) in [5.41, 5.74) is 4.51. The lowest BCUT2D eigenvalue weighted by atomic mass is 9.99. The van der Waals surface area contributed by atoms with Crippen molar-refractivity contribution in [2.45, 2.75) is 57.8 Å². The highest BCUT2D eigenvalue weighted by Crippen LogP contribution is 2.47. The van der Waals surface area contributed by atoms with Crippen molar-refractivity contribution in [2.24, 2.45) is 5.41 Å². The molecule has 2 saturated heterocycles. The highest BCUT2D eigenvalue weighted by atomic mass is 19.1. The minimum atomic E-state index is -0.733. The number of nitrogens with zero attached hydrogens (tertiary/aromatic N) is 7. The molecule has 2 atom stereocenters. The van der Waals surface area contributed by atoms with Gasteiger partial charge in [0.2, 0.25) is 5.91 Å². The quantitative estimate of drug-likeness (QED) is 0.314. The third-order valence-corrected chi connectivity index (χ3v) is 10.3.